The molecule has 2 aliphatic heterocycles. The highest BCUT2D eigenvalue weighted by atomic mass is 35.5. The number of hydrogen-bond acceptors (Lipinski definition) is 3. The summed E-state index contributed by atoms with van der Waals surface area (Å²) in [4.78, 5) is 20.1. The van der Waals surface area contributed by atoms with Crippen molar-refractivity contribution in [2.45, 2.75) is 24.9 Å². The molecule has 0 saturated carbocycles. The van der Waals surface area contributed by atoms with Gasteiger partial charge in [-0.1, -0.05) is 52.6 Å². The summed E-state index contributed by atoms with van der Waals surface area (Å²) >= 11 is 12.1. The minimum atomic E-state index is -0.323. The molecule has 0 bridgehead atoms. The first-order valence-corrected chi connectivity index (χ1v) is 9.62. The Morgan fingerprint density at radius 2 is 1.78 bits per heavy atom. The second-order valence-electron chi connectivity index (χ2n) is 6.89. The summed E-state index contributed by atoms with van der Waals surface area (Å²) < 4.78 is 0. The maximum atomic E-state index is 12.5. The number of halogens is 2. The zero-order valence-electron chi connectivity index (χ0n) is 14.6. The van der Waals surface area contributed by atoms with Gasteiger partial charge < -0.3 is 15.1 Å². The Morgan fingerprint density at radius 1 is 1.07 bits per heavy atom. The first-order chi connectivity index (χ1) is 13.0. The molecule has 2 aliphatic rings. The number of benzene rings is 2. The average molecular weight is 404 g/mol. The lowest BCUT2D eigenvalue weighted by atomic mass is 9.85. The molecule has 0 aliphatic carbocycles. The zero-order valence-corrected chi connectivity index (χ0v) is 16.1. The van der Waals surface area contributed by atoms with Crippen molar-refractivity contribution in [3.8, 4) is 0 Å². The molecule has 1 N–H and O–H groups in total. The van der Waals surface area contributed by atoms with E-state index in [9.17, 15) is 4.79 Å². The van der Waals surface area contributed by atoms with Crippen LogP contribution in [0.25, 0.3) is 0 Å². The molecule has 5 nitrogen and oxygen atoms in total. The molecule has 7 heteroatoms. The van der Waals surface area contributed by atoms with Gasteiger partial charge in [0.05, 0.1) is 16.4 Å². The molecule has 27 heavy (non-hydrogen) atoms. The van der Waals surface area contributed by atoms with E-state index >= 15 is 0 Å². The summed E-state index contributed by atoms with van der Waals surface area (Å²) in [5.74, 6) is 0. The summed E-state index contributed by atoms with van der Waals surface area (Å²) in [5, 5.41) is 8.40. The number of rotatable bonds is 2. The van der Waals surface area contributed by atoms with Crippen molar-refractivity contribution in [3.63, 3.8) is 0 Å². The van der Waals surface area contributed by atoms with Crippen LogP contribution >= 0.6 is 23.2 Å². The fraction of sp³-hybridized carbons (Fsp3) is 0.300. The van der Waals surface area contributed by atoms with E-state index in [1.807, 2.05) is 36.4 Å². The molecule has 2 amide bonds. The van der Waals surface area contributed by atoms with Crippen molar-refractivity contribution in [2.24, 2.45) is 5.16 Å². The second-order valence-corrected chi connectivity index (χ2v) is 7.74. The Labute approximate surface area is 167 Å². The van der Waals surface area contributed by atoms with Crippen molar-refractivity contribution >= 4 is 40.6 Å². The third-order valence-electron chi connectivity index (χ3n) is 5.09. The molecule has 2 heterocycles. The van der Waals surface area contributed by atoms with Gasteiger partial charge in [0.1, 0.15) is 5.60 Å². The molecular weight excluding hydrogens is 385 g/mol. The van der Waals surface area contributed by atoms with Crippen LogP contribution in [-0.2, 0) is 4.84 Å². The molecule has 1 fully saturated rings. The van der Waals surface area contributed by atoms with Gasteiger partial charge in [-0.2, -0.15) is 0 Å². The SMILES string of the molecule is O=C(Nc1ccccc1Cl)N1CCC2(CC1)CC(c1ccc(Cl)cc1)=NO2. The molecule has 0 unspecified atom stereocenters. The summed E-state index contributed by atoms with van der Waals surface area (Å²) in [7, 11) is 0. The van der Waals surface area contributed by atoms with Gasteiger partial charge in [0.25, 0.3) is 0 Å². The molecular formula is C20H19Cl2N3O2. The normalized spacial score (nSPS) is 18.1. The van der Waals surface area contributed by atoms with Crippen molar-refractivity contribution in [3.05, 3.63) is 64.1 Å². The molecule has 140 valence electrons. The number of nitrogens with one attached hydrogen (secondary N) is 1. The summed E-state index contributed by atoms with van der Waals surface area (Å²) in [6.45, 7) is 1.22. The molecule has 0 atom stereocenters. The molecule has 4 rings (SSSR count). The Morgan fingerprint density at radius 3 is 2.48 bits per heavy atom. The van der Waals surface area contributed by atoms with E-state index in [4.69, 9.17) is 28.0 Å². The summed E-state index contributed by atoms with van der Waals surface area (Å²) in [6.07, 6.45) is 2.22. The quantitative estimate of drug-likeness (QED) is 0.750. The van der Waals surface area contributed by atoms with E-state index in [0.29, 0.717) is 28.8 Å². The number of anilines is 1. The first-order valence-electron chi connectivity index (χ1n) is 8.86. The monoisotopic (exact) mass is 403 g/mol. The third-order valence-corrected chi connectivity index (χ3v) is 5.68. The van der Waals surface area contributed by atoms with E-state index in [2.05, 4.69) is 10.5 Å². The second kappa shape index (κ2) is 7.41. The lowest BCUT2D eigenvalue weighted by molar-refractivity contribution is -0.0544. The summed E-state index contributed by atoms with van der Waals surface area (Å²) in [6, 6.07) is 14.7. The number of urea groups is 1. The van der Waals surface area contributed by atoms with Crippen LogP contribution in [0.4, 0.5) is 10.5 Å². The minimum Gasteiger partial charge on any atom is -0.388 e. The van der Waals surface area contributed by atoms with Gasteiger partial charge in [0.15, 0.2) is 0 Å². The van der Waals surface area contributed by atoms with Crippen LogP contribution in [0.3, 0.4) is 0 Å². The Balaban J connectivity index is 1.35. The van der Waals surface area contributed by atoms with Gasteiger partial charge in [0, 0.05) is 37.4 Å². The maximum absolute atomic E-state index is 12.5. The van der Waals surface area contributed by atoms with Crippen LogP contribution in [0.1, 0.15) is 24.8 Å². The smallest absolute Gasteiger partial charge is 0.321 e. The molecule has 0 radical (unpaired) electrons. The average Bonchev–Trinajstić information content (AvgIpc) is 3.08. The van der Waals surface area contributed by atoms with Crippen LogP contribution < -0.4 is 5.32 Å². The Bertz CT molecular complexity index is 875. The number of piperidine rings is 1. The van der Waals surface area contributed by atoms with E-state index in [0.717, 1.165) is 30.5 Å². The molecule has 2 aromatic rings. The highest BCUT2D eigenvalue weighted by Crippen LogP contribution is 2.36. The fourth-order valence-electron chi connectivity index (χ4n) is 3.46. The van der Waals surface area contributed by atoms with Gasteiger partial charge in [-0.05, 0) is 29.8 Å². The van der Waals surface area contributed by atoms with Crippen LogP contribution in [0.2, 0.25) is 10.0 Å². The van der Waals surface area contributed by atoms with E-state index in [1.165, 1.54) is 0 Å². The number of oxime groups is 1. The number of likely N-dealkylation sites (tertiary alicyclic amines) is 1. The highest BCUT2D eigenvalue weighted by molar-refractivity contribution is 6.33. The van der Waals surface area contributed by atoms with Gasteiger partial charge in [0.2, 0.25) is 0 Å². The number of carbonyl (C=O) groups excluding carboxylic acids is 1. The summed E-state index contributed by atoms with van der Waals surface area (Å²) in [5.41, 5.74) is 2.25. The largest absolute Gasteiger partial charge is 0.388 e. The van der Waals surface area contributed by atoms with E-state index in [-0.39, 0.29) is 11.6 Å². The lowest BCUT2D eigenvalue weighted by Gasteiger charge is -2.37. The molecule has 0 aromatic heterocycles. The maximum Gasteiger partial charge on any atom is 0.321 e. The number of amides is 2. The van der Waals surface area contributed by atoms with Crippen molar-refractivity contribution < 1.29 is 9.63 Å². The molecule has 1 spiro atoms. The van der Waals surface area contributed by atoms with Gasteiger partial charge >= 0.3 is 6.03 Å². The van der Waals surface area contributed by atoms with Crippen molar-refractivity contribution in [1.29, 1.82) is 0 Å². The van der Waals surface area contributed by atoms with Crippen molar-refractivity contribution in [1.82, 2.24) is 4.90 Å². The third kappa shape index (κ3) is 3.89. The van der Waals surface area contributed by atoms with Gasteiger partial charge in [-0.25, -0.2) is 4.79 Å². The fourth-order valence-corrected chi connectivity index (χ4v) is 3.77. The van der Waals surface area contributed by atoms with Gasteiger partial charge in [-0.3, -0.25) is 0 Å². The predicted octanol–water partition coefficient (Wildman–Crippen LogP) is 5.18. The predicted molar refractivity (Wildman–Crippen MR) is 108 cm³/mol. The van der Waals surface area contributed by atoms with Crippen LogP contribution in [0.5, 0.6) is 0 Å². The zero-order chi connectivity index (χ0) is 18.9. The minimum absolute atomic E-state index is 0.144. The number of para-hydroxylation sites is 1. The molecule has 1 saturated heterocycles. The lowest BCUT2D eigenvalue weighted by Crippen LogP contribution is -2.48. The number of nitrogens with zero attached hydrogens (tertiary/aromatic N) is 2. The van der Waals surface area contributed by atoms with Crippen LogP contribution in [-0.4, -0.2) is 35.3 Å². The first kappa shape index (κ1) is 18.1. The Hall–Kier alpha value is -2.24. The van der Waals surface area contributed by atoms with Gasteiger partial charge in [-0.15, -0.1) is 0 Å². The topological polar surface area (TPSA) is 53.9 Å². The van der Waals surface area contributed by atoms with E-state index < -0.39 is 0 Å². The van der Waals surface area contributed by atoms with E-state index in [1.54, 1.807) is 17.0 Å². The highest BCUT2D eigenvalue weighted by Gasteiger charge is 2.43. The van der Waals surface area contributed by atoms with Crippen molar-refractivity contribution in [2.75, 3.05) is 18.4 Å². The van der Waals surface area contributed by atoms with Crippen LogP contribution in [0.15, 0.2) is 53.7 Å². The number of hydrogen-bond donors (Lipinski definition) is 1. The Kier molecular flexibility index (Phi) is 4.98. The number of carbonyl (C=O) groups is 1. The molecule has 2 aromatic carbocycles. The van der Waals surface area contributed by atoms with Crippen LogP contribution in [0, 0.1) is 0 Å². The standard InChI is InChI=1S/C20H19Cl2N3O2/c21-15-7-5-14(6-8-15)18-13-20(27-24-18)9-11-25(12-10-20)19(26)23-17-4-2-1-3-16(17)22/h1-8H,9-13H2,(H,23,26).